The molecule has 0 radical (unpaired) electrons. The van der Waals surface area contributed by atoms with Gasteiger partial charge in [-0.15, -0.1) is 0 Å². The Kier molecular flexibility index (Phi) is 3.34. The molecule has 1 aromatic carbocycles. The van der Waals surface area contributed by atoms with Crippen molar-refractivity contribution in [2.45, 2.75) is 45.4 Å². The highest BCUT2D eigenvalue weighted by Gasteiger charge is 2.28. The van der Waals surface area contributed by atoms with E-state index in [9.17, 15) is 5.11 Å². The van der Waals surface area contributed by atoms with Crippen LogP contribution in [0.2, 0.25) is 0 Å². The molecule has 1 nitrogen and oxygen atoms in total. The van der Waals surface area contributed by atoms with E-state index in [0.717, 1.165) is 0 Å². The monoisotopic (exact) mass is 218 g/mol. The summed E-state index contributed by atoms with van der Waals surface area (Å²) in [5, 5.41) is 9.35. The molecule has 3 atom stereocenters. The fourth-order valence-electron chi connectivity index (χ4n) is 2.92. The molecular weight excluding hydrogens is 196 g/mol. The molecule has 2 rings (SSSR count). The highest BCUT2D eigenvalue weighted by molar-refractivity contribution is 5.38. The molecule has 1 aliphatic carbocycles. The summed E-state index contributed by atoms with van der Waals surface area (Å²) >= 11 is 0. The maximum atomic E-state index is 9.35. The average Bonchev–Trinajstić information content (AvgIpc) is 2.28. The molecule has 88 valence electrons. The second-order valence-corrected chi connectivity index (χ2v) is 5.38. The van der Waals surface area contributed by atoms with Crippen LogP contribution in [0, 0.1) is 12.8 Å². The predicted octanol–water partition coefficient (Wildman–Crippen LogP) is 3.60. The van der Waals surface area contributed by atoms with E-state index in [-0.39, 0.29) is 0 Å². The largest absolute Gasteiger partial charge is 0.396 e. The molecular formula is C15H22O. The topological polar surface area (TPSA) is 20.2 Å². The van der Waals surface area contributed by atoms with Gasteiger partial charge in [-0.3, -0.25) is 0 Å². The molecule has 0 saturated carbocycles. The maximum Gasteiger partial charge on any atom is 0.0462 e. The van der Waals surface area contributed by atoms with Crippen LogP contribution in [0.25, 0.3) is 0 Å². The number of hydrogen-bond donors (Lipinski definition) is 1. The summed E-state index contributed by atoms with van der Waals surface area (Å²) in [6.07, 6.45) is 2.48. The van der Waals surface area contributed by atoms with Crippen LogP contribution in [0.5, 0.6) is 0 Å². The zero-order chi connectivity index (χ0) is 11.7. The quantitative estimate of drug-likeness (QED) is 0.804. The van der Waals surface area contributed by atoms with Crippen molar-refractivity contribution in [3.63, 3.8) is 0 Å². The van der Waals surface area contributed by atoms with Gasteiger partial charge in [-0.25, -0.2) is 0 Å². The minimum atomic E-state index is 0.298. The molecule has 0 unspecified atom stereocenters. The summed E-state index contributed by atoms with van der Waals surface area (Å²) in [6, 6.07) is 6.81. The highest BCUT2D eigenvalue weighted by atomic mass is 16.3. The van der Waals surface area contributed by atoms with Gasteiger partial charge in [-0.2, -0.15) is 0 Å². The molecule has 1 aromatic rings. The second-order valence-electron chi connectivity index (χ2n) is 5.38. The number of hydrogen-bond acceptors (Lipinski definition) is 1. The van der Waals surface area contributed by atoms with Crippen molar-refractivity contribution in [1.82, 2.24) is 0 Å². The van der Waals surface area contributed by atoms with Crippen LogP contribution >= 0.6 is 0 Å². The summed E-state index contributed by atoms with van der Waals surface area (Å²) in [6.45, 7) is 6.92. The lowest BCUT2D eigenvalue weighted by Gasteiger charge is -2.33. The van der Waals surface area contributed by atoms with Gasteiger partial charge in [0.1, 0.15) is 0 Å². The predicted molar refractivity (Wildman–Crippen MR) is 67.8 cm³/mol. The van der Waals surface area contributed by atoms with Crippen LogP contribution in [0.3, 0.4) is 0 Å². The van der Waals surface area contributed by atoms with E-state index in [1.54, 1.807) is 0 Å². The van der Waals surface area contributed by atoms with Crippen LogP contribution in [-0.2, 0) is 0 Å². The molecule has 0 aromatic heterocycles. The summed E-state index contributed by atoms with van der Waals surface area (Å²) < 4.78 is 0. The standard InChI is InChI=1S/C15H22O/c1-10-4-6-13-11(2)5-7-14(12(3)9-16)15(13)8-10/h4,6,8,11-12,14,16H,5,7,9H2,1-3H3/t11-,12-,14-/m0/s1. The van der Waals surface area contributed by atoms with Gasteiger partial charge in [0.15, 0.2) is 0 Å². The van der Waals surface area contributed by atoms with Crippen molar-refractivity contribution in [3.8, 4) is 0 Å². The first kappa shape index (κ1) is 11.7. The molecule has 0 amide bonds. The van der Waals surface area contributed by atoms with E-state index in [4.69, 9.17) is 0 Å². The van der Waals surface area contributed by atoms with Gasteiger partial charge in [-0.05, 0) is 48.6 Å². The molecule has 0 saturated heterocycles. The van der Waals surface area contributed by atoms with Crippen LogP contribution in [0.4, 0.5) is 0 Å². The van der Waals surface area contributed by atoms with Crippen LogP contribution < -0.4 is 0 Å². The van der Waals surface area contributed by atoms with Crippen LogP contribution in [-0.4, -0.2) is 11.7 Å². The molecule has 1 heteroatoms. The second kappa shape index (κ2) is 4.58. The van der Waals surface area contributed by atoms with E-state index in [0.29, 0.717) is 24.4 Å². The van der Waals surface area contributed by atoms with Crippen LogP contribution in [0.15, 0.2) is 18.2 Å². The number of aliphatic hydroxyl groups is 1. The molecule has 0 heterocycles. The van der Waals surface area contributed by atoms with Gasteiger partial charge in [0.25, 0.3) is 0 Å². The molecule has 0 fully saturated rings. The van der Waals surface area contributed by atoms with Crippen molar-refractivity contribution < 1.29 is 5.11 Å². The van der Waals surface area contributed by atoms with Gasteiger partial charge < -0.3 is 5.11 Å². The Morgan fingerprint density at radius 3 is 2.75 bits per heavy atom. The first-order valence-corrected chi connectivity index (χ1v) is 6.34. The van der Waals surface area contributed by atoms with Gasteiger partial charge in [0.05, 0.1) is 0 Å². The first-order chi connectivity index (χ1) is 7.63. The lowest BCUT2D eigenvalue weighted by atomic mass is 9.72. The average molecular weight is 218 g/mol. The summed E-state index contributed by atoms with van der Waals surface area (Å²) in [5.41, 5.74) is 4.32. The molecule has 1 N–H and O–H groups in total. The SMILES string of the molecule is Cc1ccc2c(c1)[C@H]([C@@H](C)CO)CC[C@@H]2C. The Morgan fingerprint density at radius 2 is 2.06 bits per heavy atom. The zero-order valence-corrected chi connectivity index (χ0v) is 10.5. The van der Waals surface area contributed by atoms with Crippen molar-refractivity contribution >= 4 is 0 Å². The third-order valence-electron chi connectivity index (χ3n) is 4.06. The van der Waals surface area contributed by atoms with E-state index < -0.39 is 0 Å². The number of rotatable bonds is 2. The number of fused-ring (bicyclic) bond motifs is 1. The van der Waals surface area contributed by atoms with Crippen LogP contribution in [0.1, 0.15) is 55.2 Å². The number of aryl methyl sites for hydroxylation is 1. The number of aliphatic hydroxyl groups excluding tert-OH is 1. The molecule has 0 aliphatic heterocycles. The van der Waals surface area contributed by atoms with Gasteiger partial charge in [-0.1, -0.05) is 37.6 Å². The molecule has 16 heavy (non-hydrogen) atoms. The van der Waals surface area contributed by atoms with Crippen molar-refractivity contribution in [2.75, 3.05) is 6.61 Å². The first-order valence-electron chi connectivity index (χ1n) is 6.34. The maximum absolute atomic E-state index is 9.35. The Balaban J connectivity index is 2.41. The number of benzene rings is 1. The highest BCUT2D eigenvalue weighted by Crippen LogP contribution is 2.42. The fourth-order valence-corrected chi connectivity index (χ4v) is 2.92. The van der Waals surface area contributed by atoms with Crippen molar-refractivity contribution in [1.29, 1.82) is 0 Å². The van der Waals surface area contributed by atoms with E-state index in [2.05, 4.69) is 39.0 Å². The van der Waals surface area contributed by atoms with Gasteiger partial charge in [0, 0.05) is 6.61 Å². The van der Waals surface area contributed by atoms with Gasteiger partial charge in [0.2, 0.25) is 0 Å². The Bertz CT molecular complexity index is 370. The van der Waals surface area contributed by atoms with Crippen molar-refractivity contribution in [3.05, 3.63) is 34.9 Å². The Morgan fingerprint density at radius 1 is 1.31 bits per heavy atom. The van der Waals surface area contributed by atoms with Crippen molar-refractivity contribution in [2.24, 2.45) is 5.92 Å². The third-order valence-corrected chi connectivity index (χ3v) is 4.06. The smallest absolute Gasteiger partial charge is 0.0462 e. The fraction of sp³-hybridized carbons (Fsp3) is 0.600. The summed E-state index contributed by atoms with van der Waals surface area (Å²) in [7, 11) is 0. The summed E-state index contributed by atoms with van der Waals surface area (Å²) in [4.78, 5) is 0. The van der Waals surface area contributed by atoms with Gasteiger partial charge >= 0.3 is 0 Å². The lowest BCUT2D eigenvalue weighted by Crippen LogP contribution is -2.20. The van der Waals surface area contributed by atoms with E-state index >= 15 is 0 Å². The minimum Gasteiger partial charge on any atom is -0.396 e. The van der Waals surface area contributed by atoms with E-state index in [1.807, 2.05) is 0 Å². The summed E-state index contributed by atoms with van der Waals surface area (Å²) in [5.74, 6) is 1.61. The molecule has 0 bridgehead atoms. The molecule has 0 spiro atoms. The normalized spacial score (nSPS) is 26.2. The lowest BCUT2D eigenvalue weighted by molar-refractivity contribution is 0.206. The Hall–Kier alpha value is -0.820. The van der Waals surface area contributed by atoms with E-state index in [1.165, 1.54) is 29.5 Å². The Labute approximate surface area is 98.5 Å². The zero-order valence-electron chi connectivity index (χ0n) is 10.5. The minimum absolute atomic E-state index is 0.298. The molecule has 1 aliphatic rings. The third kappa shape index (κ3) is 2.01.